The highest BCUT2D eigenvalue weighted by Crippen LogP contribution is 2.25. The van der Waals surface area contributed by atoms with Gasteiger partial charge in [0.1, 0.15) is 6.29 Å². The minimum atomic E-state index is 0.269. The Morgan fingerprint density at radius 2 is 2.73 bits per heavy atom. The molecule has 4 nitrogen and oxygen atoms in total. The molecule has 2 rings (SSSR count). The predicted octanol–water partition coefficient (Wildman–Crippen LogP) is 0.354. The average molecular weight is 151 g/mol. The Labute approximate surface area is 64.2 Å². The molecule has 1 atom stereocenters. The van der Waals surface area contributed by atoms with Gasteiger partial charge in [0.15, 0.2) is 0 Å². The molecule has 0 saturated heterocycles. The van der Waals surface area contributed by atoms with Gasteiger partial charge in [-0.25, -0.2) is 4.68 Å². The number of carbonyl (C=O) groups is 1. The van der Waals surface area contributed by atoms with Crippen LogP contribution in [0.1, 0.15) is 24.6 Å². The average Bonchev–Trinajstić information content (AvgIpc) is 2.53. The monoisotopic (exact) mass is 151 g/mol. The third-order valence-electron chi connectivity index (χ3n) is 2.10. The summed E-state index contributed by atoms with van der Waals surface area (Å²) in [6, 6.07) is 0.269. The lowest BCUT2D eigenvalue weighted by molar-refractivity contribution is -0.108. The van der Waals surface area contributed by atoms with E-state index in [1.165, 1.54) is 0 Å². The van der Waals surface area contributed by atoms with Crippen molar-refractivity contribution in [3.63, 3.8) is 0 Å². The van der Waals surface area contributed by atoms with E-state index in [0.29, 0.717) is 6.42 Å². The maximum atomic E-state index is 10.2. The molecule has 0 amide bonds. The second kappa shape index (κ2) is 2.45. The van der Waals surface area contributed by atoms with Gasteiger partial charge in [-0.3, -0.25) is 0 Å². The SMILES string of the molecule is O=CCC1CCc2cnnn21. The molecule has 1 aromatic heterocycles. The molecule has 0 radical (unpaired) electrons. The first kappa shape index (κ1) is 6.52. The van der Waals surface area contributed by atoms with Gasteiger partial charge in [-0.05, 0) is 12.8 Å². The van der Waals surface area contributed by atoms with Crippen molar-refractivity contribution in [1.29, 1.82) is 0 Å². The van der Waals surface area contributed by atoms with Gasteiger partial charge in [0.05, 0.1) is 17.9 Å². The summed E-state index contributed by atoms with van der Waals surface area (Å²) >= 11 is 0. The first-order valence-electron chi connectivity index (χ1n) is 3.74. The van der Waals surface area contributed by atoms with Gasteiger partial charge < -0.3 is 4.79 Å². The van der Waals surface area contributed by atoms with Crippen molar-refractivity contribution in [2.45, 2.75) is 25.3 Å². The summed E-state index contributed by atoms with van der Waals surface area (Å²) in [6.07, 6.45) is 5.32. The number of aryl methyl sites for hydroxylation is 1. The molecule has 1 unspecified atom stereocenters. The van der Waals surface area contributed by atoms with E-state index in [1.54, 1.807) is 6.20 Å². The quantitative estimate of drug-likeness (QED) is 0.573. The van der Waals surface area contributed by atoms with Gasteiger partial charge in [-0.1, -0.05) is 5.21 Å². The summed E-state index contributed by atoms with van der Waals surface area (Å²) in [4.78, 5) is 10.2. The Balaban J connectivity index is 2.24. The summed E-state index contributed by atoms with van der Waals surface area (Å²) in [6.45, 7) is 0. The molecule has 1 aromatic rings. The lowest BCUT2D eigenvalue weighted by Gasteiger charge is -2.04. The van der Waals surface area contributed by atoms with Crippen molar-refractivity contribution in [3.05, 3.63) is 11.9 Å². The van der Waals surface area contributed by atoms with Crippen molar-refractivity contribution in [1.82, 2.24) is 15.0 Å². The van der Waals surface area contributed by atoms with Gasteiger partial charge in [0.25, 0.3) is 0 Å². The molecule has 0 spiro atoms. The van der Waals surface area contributed by atoms with Crippen molar-refractivity contribution < 1.29 is 4.79 Å². The molecule has 0 bridgehead atoms. The van der Waals surface area contributed by atoms with Gasteiger partial charge in [0.2, 0.25) is 0 Å². The van der Waals surface area contributed by atoms with Gasteiger partial charge in [-0.2, -0.15) is 0 Å². The van der Waals surface area contributed by atoms with Gasteiger partial charge >= 0.3 is 0 Å². The third-order valence-corrected chi connectivity index (χ3v) is 2.10. The largest absolute Gasteiger partial charge is 0.303 e. The zero-order chi connectivity index (χ0) is 7.68. The molecule has 0 saturated carbocycles. The van der Waals surface area contributed by atoms with Crippen LogP contribution < -0.4 is 0 Å². The van der Waals surface area contributed by atoms with Crippen LogP contribution in [0.5, 0.6) is 0 Å². The molecular formula is C7H9N3O. The third kappa shape index (κ3) is 0.943. The number of aromatic nitrogens is 3. The zero-order valence-corrected chi connectivity index (χ0v) is 6.10. The molecule has 0 fully saturated rings. The Hall–Kier alpha value is -1.19. The van der Waals surface area contributed by atoms with E-state index in [9.17, 15) is 4.79 Å². The number of rotatable bonds is 2. The van der Waals surface area contributed by atoms with Crippen LogP contribution in [-0.4, -0.2) is 21.3 Å². The van der Waals surface area contributed by atoms with Crippen LogP contribution in [0, 0.1) is 0 Å². The standard InChI is InChI=1S/C7H9N3O/c11-4-3-6-1-2-7-5-8-9-10(6)7/h4-6H,1-3H2. The van der Waals surface area contributed by atoms with Crippen LogP contribution in [0.2, 0.25) is 0 Å². The van der Waals surface area contributed by atoms with E-state index in [-0.39, 0.29) is 6.04 Å². The van der Waals surface area contributed by atoms with Gasteiger partial charge in [0, 0.05) is 6.42 Å². The van der Waals surface area contributed by atoms with Crippen LogP contribution in [-0.2, 0) is 11.2 Å². The molecule has 2 heterocycles. The summed E-state index contributed by atoms with van der Waals surface area (Å²) < 4.78 is 1.86. The Bertz CT molecular complexity index is 268. The van der Waals surface area contributed by atoms with E-state index in [0.717, 1.165) is 24.8 Å². The second-order valence-corrected chi connectivity index (χ2v) is 2.76. The molecule has 0 N–H and O–H groups in total. The fourth-order valence-corrected chi connectivity index (χ4v) is 1.52. The number of hydrogen-bond donors (Lipinski definition) is 0. The lowest BCUT2D eigenvalue weighted by Crippen LogP contribution is -2.06. The smallest absolute Gasteiger partial charge is 0.122 e. The van der Waals surface area contributed by atoms with Gasteiger partial charge in [-0.15, -0.1) is 5.10 Å². The number of fused-ring (bicyclic) bond motifs is 1. The molecule has 1 aliphatic heterocycles. The highest BCUT2D eigenvalue weighted by Gasteiger charge is 2.22. The Morgan fingerprint density at radius 1 is 1.82 bits per heavy atom. The van der Waals surface area contributed by atoms with E-state index < -0.39 is 0 Å². The minimum absolute atomic E-state index is 0.269. The zero-order valence-electron chi connectivity index (χ0n) is 6.10. The van der Waals surface area contributed by atoms with Crippen LogP contribution >= 0.6 is 0 Å². The van der Waals surface area contributed by atoms with Crippen LogP contribution in [0.15, 0.2) is 6.20 Å². The lowest BCUT2D eigenvalue weighted by atomic mass is 10.1. The first-order chi connectivity index (χ1) is 5.42. The predicted molar refractivity (Wildman–Crippen MR) is 38.1 cm³/mol. The topological polar surface area (TPSA) is 47.8 Å². The minimum Gasteiger partial charge on any atom is -0.303 e. The molecule has 0 aliphatic carbocycles. The van der Waals surface area contributed by atoms with Crippen LogP contribution in [0.25, 0.3) is 0 Å². The summed E-state index contributed by atoms with van der Waals surface area (Å²) in [5.74, 6) is 0. The molecule has 58 valence electrons. The van der Waals surface area contributed by atoms with Crippen molar-refractivity contribution >= 4 is 6.29 Å². The van der Waals surface area contributed by atoms with E-state index in [1.807, 2.05) is 4.68 Å². The highest BCUT2D eigenvalue weighted by molar-refractivity contribution is 5.50. The Morgan fingerprint density at radius 3 is 3.55 bits per heavy atom. The first-order valence-corrected chi connectivity index (χ1v) is 3.74. The van der Waals surface area contributed by atoms with E-state index >= 15 is 0 Å². The van der Waals surface area contributed by atoms with E-state index in [4.69, 9.17) is 0 Å². The van der Waals surface area contributed by atoms with Crippen LogP contribution in [0.4, 0.5) is 0 Å². The van der Waals surface area contributed by atoms with Crippen LogP contribution in [0.3, 0.4) is 0 Å². The van der Waals surface area contributed by atoms with Crippen molar-refractivity contribution in [2.24, 2.45) is 0 Å². The maximum absolute atomic E-state index is 10.2. The molecule has 1 aliphatic rings. The normalized spacial score (nSPS) is 21.6. The number of carbonyl (C=O) groups excluding carboxylic acids is 1. The molecule has 4 heteroatoms. The maximum Gasteiger partial charge on any atom is 0.122 e. The summed E-state index contributed by atoms with van der Waals surface area (Å²) in [7, 11) is 0. The number of aldehydes is 1. The molecule has 0 aromatic carbocycles. The number of nitrogens with zero attached hydrogens (tertiary/aromatic N) is 3. The highest BCUT2D eigenvalue weighted by atomic mass is 16.1. The fourth-order valence-electron chi connectivity index (χ4n) is 1.52. The Kier molecular flexibility index (Phi) is 1.45. The molecular weight excluding hydrogens is 142 g/mol. The number of hydrogen-bond acceptors (Lipinski definition) is 3. The summed E-state index contributed by atoms with van der Waals surface area (Å²) in [5.41, 5.74) is 1.15. The fraction of sp³-hybridized carbons (Fsp3) is 0.571. The second-order valence-electron chi connectivity index (χ2n) is 2.76. The summed E-state index contributed by atoms with van der Waals surface area (Å²) in [5, 5.41) is 7.68. The molecule has 11 heavy (non-hydrogen) atoms. The van der Waals surface area contributed by atoms with Crippen molar-refractivity contribution in [3.8, 4) is 0 Å². The van der Waals surface area contributed by atoms with E-state index in [2.05, 4.69) is 10.3 Å². The van der Waals surface area contributed by atoms with Crippen molar-refractivity contribution in [2.75, 3.05) is 0 Å².